The van der Waals surface area contributed by atoms with Crippen molar-refractivity contribution in [3.63, 3.8) is 0 Å². The summed E-state index contributed by atoms with van der Waals surface area (Å²) in [7, 11) is 0. The molecule has 4 rings (SSSR count). The van der Waals surface area contributed by atoms with Crippen molar-refractivity contribution in [2.75, 3.05) is 49.3 Å². The molecule has 10 heteroatoms. The number of nitrogens with zero attached hydrogens (tertiary/aromatic N) is 4. The second-order valence-electron chi connectivity index (χ2n) is 7.52. The standard InChI is InChI=1S/C22H26N4O3S3/c1-3-29-11-5-8-26-21(28)17(32-22(26)30)14-16-19(24-9-12-31-13-10-24)23-18-15(2)6-4-7-25(18)20(16)27/h4,6-7,14H,3,5,8-13H2,1-2H3. The van der Waals surface area contributed by atoms with E-state index in [2.05, 4.69) is 4.90 Å². The normalized spacial score (nSPS) is 18.4. The van der Waals surface area contributed by atoms with E-state index in [1.54, 1.807) is 21.6 Å². The number of fused-ring (bicyclic) bond motifs is 1. The van der Waals surface area contributed by atoms with E-state index in [4.69, 9.17) is 21.9 Å². The zero-order valence-corrected chi connectivity index (χ0v) is 20.7. The van der Waals surface area contributed by atoms with Gasteiger partial charge in [0.2, 0.25) is 0 Å². The van der Waals surface area contributed by atoms with Crippen LogP contribution in [0.25, 0.3) is 11.7 Å². The summed E-state index contributed by atoms with van der Waals surface area (Å²) in [6.45, 7) is 7.26. The molecule has 0 radical (unpaired) electrons. The summed E-state index contributed by atoms with van der Waals surface area (Å²) >= 11 is 8.59. The third-order valence-electron chi connectivity index (χ3n) is 5.40. The van der Waals surface area contributed by atoms with E-state index in [1.165, 1.54) is 11.8 Å². The van der Waals surface area contributed by atoms with E-state index < -0.39 is 0 Å². The highest BCUT2D eigenvalue weighted by Crippen LogP contribution is 2.34. The Morgan fingerprint density at radius 3 is 2.81 bits per heavy atom. The van der Waals surface area contributed by atoms with Gasteiger partial charge in [-0.15, -0.1) is 0 Å². The van der Waals surface area contributed by atoms with Crippen LogP contribution in [-0.4, -0.2) is 68.9 Å². The number of ether oxygens (including phenoxy) is 1. The van der Waals surface area contributed by atoms with E-state index in [0.717, 1.165) is 30.2 Å². The number of anilines is 1. The SMILES string of the molecule is CCOCCCN1C(=O)C(=Cc2c(N3CCSCC3)nc3c(C)cccn3c2=O)SC1=S. The number of pyridine rings is 1. The molecule has 2 saturated heterocycles. The summed E-state index contributed by atoms with van der Waals surface area (Å²) in [5.41, 5.74) is 1.85. The second kappa shape index (κ2) is 10.4. The average molecular weight is 491 g/mol. The van der Waals surface area contributed by atoms with Crippen LogP contribution in [0.15, 0.2) is 28.0 Å². The molecule has 2 fully saturated rings. The molecule has 0 N–H and O–H groups in total. The molecule has 0 atom stereocenters. The summed E-state index contributed by atoms with van der Waals surface area (Å²) < 4.78 is 7.45. The van der Waals surface area contributed by atoms with Crippen LogP contribution in [0.4, 0.5) is 5.82 Å². The predicted octanol–water partition coefficient (Wildman–Crippen LogP) is 3.18. The number of thiocarbonyl (C=S) groups is 1. The minimum atomic E-state index is -0.173. The lowest BCUT2D eigenvalue weighted by atomic mass is 10.2. The molecule has 0 saturated carbocycles. The molecule has 2 aromatic heterocycles. The number of carbonyl (C=O) groups is 1. The number of thioether (sulfide) groups is 2. The van der Waals surface area contributed by atoms with Crippen molar-refractivity contribution in [3.8, 4) is 0 Å². The zero-order chi connectivity index (χ0) is 22.7. The van der Waals surface area contributed by atoms with E-state index in [-0.39, 0.29) is 11.5 Å². The van der Waals surface area contributed by atoms with E-state index in [0.29, 0.717) is 52.4 Å². The Kier molecular flexibility index (Phi) is 7.55. The Morgan fingerprint density at radius 1 is 1.28 bits per heavy atom. The van der Waals surface area contributed by atoms with E-state index in [1.807, 2.05) is 37.7 Å². The highest BCUT2D eigenvalue weighted by Gasteiger charge is 2.32. The van der Waals surface area contributed by atoms with Crippen LogP contribution in [-0.2, 0) is 9.53 Å². The lowest BCUT2D eigenvalue weighted by molar-refractivity contribution is -0.122. The van der Waals surface area contributed by atoms with Crippen LogP contribution in [0.2, 0.25) is 0 Å². The highest BCUT2D eigenvalue weighted by molar-refractivity contribution is 8.26. The van der Waals surface area contributed by atoms with Gasteiger partial charge in [-0.1, -0.05) is 30.0 Å². The van der Waals surface area contributed by atoms with Crippen molar-refractivity contribution < 1.29 is 9.53 Å². The van der Waals surface area contributed by atoms with Crippen LogP contribution in [0.5, 0.6) is 0 Å². The summed E-state index contributed by atoms with van der Waals surface area (Å²) in [5, 5.41) is 0. The molecular formula is C22H26N4O3S3. The third-order valence-corrected chi connectivity index (χ3v) is 7.72. The molecule has 0 spiro atoms. The smallest absolute Gasteiger partial charge is 0.267 e. The van der Waals surface area contributed by atoms with Crippen LogP contribution in [0.3, 0.4) is 0 Å². The number of carbonyl (C=O) groups excluding carboxylic acids is 1. The number of amides is 1. The molecule has 0 aliphatic carbocycles. The van der Waals surface area contributed by atoms with Gasteiger partial charge in [0.05, 0.1) is 10.5 Å². The highest BCUT2D eigenvalue weighted by atomic mass is 32.2. The molecule has 32 heavy (non-hydrogen) atoms. The van der Waals surface area contributed by atoms with Gasteiger partial charge in [-0.3, -0.25) is 18.9 Å². The number of aryl methyl sites for hydroxylation is 1. The van der Waals surface area contributed by atoms with Crippen molar-refractivity contribution in [2.24, 2.45) is 0 Å². The van der Waals surface area contributed by atoms with Gasteiger partial charge in [-0.05, 0) is 38.0 Å². The molecule has 170 valence electrons. The van der Waals surface area contributed by atoms with Gasteiger partial charge >= 0.3 is 0 Å². The molecule has 2 aliphatic rings. The Balaban J connectivity index is 1.74. The zero-order valence-electron chi connectivity index (χ0n) is 18.2. The number of hydrogen-bond donors (Lipinski definition) is 0. The van der Waals surface area contributed by atoms with Crippen LogP contribution in [0.1, 0.15) is 24.5 Å². The van der Waals surface area contributed by atoms with Crippen molar-refractivity contribution >= 4 is 63.5 Å². The van der Waals surface area contributed by atoms with Gasteiger partial charge in [-0.2, -0.15) is 11.8 Å². The first-order valence-corrected chi connectivity index (χ1v) is 13.1. The monoisotopic (exact) mass is 490 g/mol. The maximum absolute atomic E-state index is 13.5. The molecule has 2 aliphatic heterocycles. The molecule has 0 aromatic carbocycles. The van der Waals surface area contributed by atoms with Gasteiger partial charge in [0.15, 0.2) is 0 Å². The molecule has 2 aromatic rings. The Hall–Kier alpha value is -1.88. The van der Waals surface area contributed by atoms with Gasteiger partial charge in [0, 0.05) is 50.6 Å². The Bertz CT molecular complexity index is 1130. The van der Waals surface area contributed by atoms with Crippen molar-refractivity contribution in [1.29, 1.82) is 0 Å². The van der Waals surface area contributed by atoms with Crippen LogP contribution < -0.4 is 10.5 Å². The topological polar surface area (TPSA) is 67.2 Å². The fourth-order valence-electron chi connectivity index (χ4n) is 3.74. The van der Waals surface area contributed by atoms with Gasteiger partial charge in [0.25, 0.3) is 11.5 Å². The maximum atomic E-state index is 13.5. The first kappa shape index (κ1) is 23.3. The van der Waals surface area contributed by atoms with E-state index in [9.17, 15) is 9.59 Å². The number of aromatic nitrogens is 2. The van der Waals surface area contributed by atoms with Crippen molar-refractivity contribution in [2.45, 2.75) is 20.3 Å². The predicted molar refractivity (Wildman–Crippen MR) is 137 cm³/mol. The minimum absolute atomic E-state index is 0.162. The van der Waals surface area contributed by atoms with Crippen molar-refractivity contribution in [1.82, 2.24) is 14.3 Å². The first-order chi connectivity index (χ1) is 15.5. The average Bonchev–Trinajstić information content (AvgIpc) is 3.06. The summed E-state index contributed by atoms with van der Waals surface area (Å²) in [6.07, 6.45) is 4.12. The maximum Gasteiger partial charge on any atom is 0.267 e. The molecular weight excluding hydrogens is 464 g/mol. The van der Waals surface area contributed by atoms with E-state index >= 15 is 0 Å². The fraction of sp³-hybridized carbons (Fsp3) is 0.455. The van der Waals surface area contributed by atoms with Crippen LogP contribution >= 0.6 is 35.7 Å². The Morgan fingerprint density at radius 2 is 2.06 bits per heavy atom. The molecule has 0 unspecified atom stereocenters. The Labute approximate surface area is 201 Å². The largest absolute Gasteiger partial charge is 0.382 e. The first-order valence-electron chi connectivity index (χ1n) is 10.7. The lowest BCUT2D eigenvalue weighted by Crippen LogP contribution is -2.36. The fourth-order valence-corrected chi connectivity index (χ4v) is 5.93. The van der Waals surface area contributed by atoms with Gasteiger partial charge in [0.1, 0.15) is 15.8 Å². The molecule has 4 heterocycles. The summed E-state index contributed by atoms with van der Waals surface area (Å²) in [6, 6.07) is 3.79. The summed E-state index contributed by atoms with van der Waals surface area (Å²) in [4.78, 5) is 35.7. The third kappa shape index (κ3) is 4.73. The van der Waals surface area contributed by atoms with Gasteiger partial charge in [-0.25, -0.2) is 4.98 Å². The molecule has 7 nitrogen and oxygen atoms in total. The molecule has 1 amide bonds. The van der Waals surface area contributed by atoms with Crippen LogP contribution in [0, 0.1) is 6.92 Å². The minimum Gasteiger partial charge on any atom is -0.382 e. The quantitative estimate of drug-likeness (QED) is 0.333. The number of rotatable bonds is 7. The van der Waals surface area contributed by atoms with Crippen molar-refractivity contribution in [3.05, 3.63) is 44.7 Å². The number of hydrogen-bond acceptors (Lipinski definition) is 8. The second-order valence-corrected chi connectivity index (χ2v) is 10.4. The summed E-state index contributed by atoms with van der Waals surface area (Å²) in [5.74, 6) is 2.45. The lowest BCUT2D eigenvalue weighted by Gasteiger charge is -2.29. The van der Waals surface area contributed by atoms with Gasteiger partial charge < -0.3 is 9.64 Å². The molecule has 0 bridgehead atoms.